The van der Waals surface area contributed by atoms with E-state index < -0.39 is 0 Å². The predicted molar refractivity (Wildman–Crippen MR) is 83.0 cm³/mol. The minimum atomic E-state index is 0.495. The van der Waals surface area contributed by atoms with Crippen LogP contribution in [-0.2, 0) is 11.3 Å². The molecule has 2 aromatic carbocycles. The third kappa shape index (κ3) is 5.58. The van der Waals surface area contributed by atoms with Gasteiger partial charge in [-0.15, -0.1) is 0 Å². The van der Waals surface area contributed by atoms with Crippen molar-refractivity contribution in [2.45, 2.75) is 13.0 Å². The van der Waals surface area contributed by atoms with Crippen LogP contribution in [0, 0.1) is 0 Å². The highest BCUT2D eigenvalue weighted by Crippen LogP contribution is 2.20. The molecule has 0 spiro atoms. The molecule has 0 unspecified atom stereocenters. The second-order valence-electron chi connectivity index (χ2n) is 4.58. The highest BCUT2D eigenvalue weighted by atomic mass is 35.5. The quantitative estimate of drug-likeness (QED) is 0.543. The van der Waals surface area contributed by atoms with Crippen molar-refractivity contribution in [1.29, 1.82) is 0 Å². The van der Waals surface area contributed by atoms with E-state index in [2.05, 4.69) is 0 Å². The molecular weight excluding hydrogens is 288 g/mol. The maximum Gasteiger partial charge on any atom is 0.150 e. The summed E-state index contributed by atoms with van der Waals surface area (Å²) in [7, 11) is 0. The Hall–Kier alpha value is -1.84. The number of hydrogen-bond acceptors (Lipinski definition) is 3. The predicted octanol–water partition coefficient (Wildman–Crippen LogP) is 4.14. The number of hydrogen-bond donors (Lipinski definition) is 0. The Morgan fingerprint density at radius 1 is 1.05 bits per heavy atom. The van der Waals surface area contributed by atoms with Crippen molar-refractivity contribution in [3.05, 3.63) is 64.7 Å². The van der Waals surface area contributed by atoms with Crippen molar-refractivity contribution in [2.24, 2.45) is 0 Å². The molecule has 2 aromatic rings. The van der Waals surface area contributed by atoms with Gasteiger partial charge in [-0.25, -0.2) is 0 Å². The third-order valence-corrected chi connectivity index (χ3v) is 3.06. The van der Waals surface area contributed by atoms with Crippen LogP contribution in [0.4, 0.5) is 0 Å². The Morgan fingerprint density at radius 3 is 2.62 bits per heavy atom. The number of carbonyl (C=O) groups is 1. The fraction of sp³-hybridized carbons (Fsp3) is 0.235. The van der Waals surface area contributed by atoms with E-state index in [9.17, 15) is 4.79 Å². The zero-order valence-electron chi connectivity index (χ0n) is 11.6. The van der Waals surface area contributed by atoms with Gasteiger partial charge in [0.05, 0.1) is 19.8 Å². The van der Waals surface area contributed by atoms with Crippen LogP contribution in [0.5, 0.6) is 5.75 Å². The van der Waals surface area contributed by atoms with E-state index in [1.165, 1.54) is 0 Å². The highest BCUT2D eigenvalue weighted by Gasteiger charge is 2.00. The standard InChI is InChI=1S/C17H17ClO3/c18-16-9-15(12-19)10-17(11-16)21-8-4-7-20-13-14-5-2-1-3-6-14/h1-3,5-6,9-12H,4,7-8,13H2. The Morgan fingerprint density at radius 2 is 1.86 bits per heavy atom. The van der Waals surface area contributed by atoms with Gasteiger partial charge < -0.3 is 9.47 Å². The summed E-state index contributed by atoms with van der Waals surface area (Å²) in [6, 6.07) is 15.0. The molecule has 0 aliphatic heterocycles. The van der Waals surface area contributed by atoms with Crippen LogP contribution in [0.3, 0.4) is 0 Å². The van der Waals surface area contributed by atoms with Crippen LogP contribution in [0.25, 0.3) is 0 Å². The van der Waals surface area contributed by atoms with Crippen molar-refractivity contribution in [2.75, 3.05) is 13.2 Å². The molecule has 0 heterocycles. The zero-order valence-corrected chi connectivity index (χ0v) is 12.4. The summed E-state index contributed by atoms with van der Waals surface area (Å²) in [5, 5.41) is 0.495. The maximum atomic E-state index is 10.7. The monoisotopic (exact) mass is 304 g/mol. The molecule has 0 amide bonds. The lowest BCUT2D eigenvalue weighted by atomic mass is 10.2. The van der Waals surface area contributed by atoms with E-state index in [-0.39, 0.29) is 0 Å². The normalized spacial score (nSPS) is 10.3. The summed E-state index contributed by atoms with van der Waals surface area (Å²) in [6.07, 6.45) is 1.53. The van der Waals surface area contributed by atoms with Crippen molar-refractivity contribution >= 4 is 17.9 Å². The number of halogens is 1. The molecule has 21 heavy (non-hydrogen) atoms. The van der Waals surface area contributed by atoms with E-state index in [1.807, 2.05) is 30.3 Å². The molecule has 0 aromatic heterocycles. The van der Waals surface area contributed by atoms with Crippen LogP contribution >= 0.6 is 11.6 Å². The number of ether oxygens (including phenoxy) is 2. The molecule has 3 nitrogen and oxygen atoms in total. The highest BCUT2D eigenvalue weighted by molar-refractivity contribution is 6.31. The Balaban J connectivity index is 1.66. The van der Waals surface area contributed by atoms with Crippen molar-refractivity contribution < 1.29 is 14.3 Å². The second-order valence-corrected chi connectivity index (χ2v) is 5.01. The van der Waals surface area contributed by atoms with Gasteiger partial charge in [0, 0.05) is 17.0 Å². The van der Waals surface area contributed by atoms with Crippen molar-refractivity contribution in [3.8, 4) is 5.75 Å². The lowest BCUT2D eigenvalue weighted by Crippen LogP contribution is -2.03. The van der Waals surface area contributed by atoms with Crippen LogP contribution in [0.15, 0.2) is 48.5 Å². The first-order valence-electron chi connectivity index (χ1n) is 6.78. The summed E-state index contributed by atoms with van der Waals surface area (Å²) in [4.78, 5) is 10.7. The molecule has 0 bridgehead atoms. The van der Waals surface area contributed by atoms with Gasteiger partial charge in [0.1, 0.15) is 12.0 Å². The molecule has 0 saturated carbocycles. The van der Waals surface area contributed by atoms with Crippen molar-refractivity contribution in [3.63, 3.8) is 0 Å². The molecule has 0 aliphatic carbocycles. The topological polar surface area (TPSA) is 35.5 Å². The first-order valence-corrected chi connectivity index (χ1v) is 7.16. The molecular formula is C17H17ClO3. The summed E-state index contributed by atoms with van der Waals surface area (Å²) >= 11 is 5.90. The molecule has 110 valence electrons. The molecule has 0 aliphatic rings. The minimum absolute atomic E-state index is 0.495. The fourth-order valence-electron chi connectivity index (χ4n) is 1.85. The van der Waals surface area contributed by atoms with Gasteiger partial charge in [-0.1, -0.05) is 41.9 Å². The van der Waals surface area contributed by atoms with E-state index in [4.69, 9.17) is 21.1 Å². The van der Waals surface area contributed by atoms with Gasteiger partial charge >= 0.3 is 0 Å². The minimum Gasteiger partial charge on any atom is -0.493 e. The van der Waals surface area contributed by atoms with Gasteiger partial charge in [0.2, 0.25) is 0 Å². The molecule has 0 fully saturated rings. The van der Waals surface area contributed by atoms with E-state index in [0.717, 1.165) is 18.3 Å². The number of benzene rings is 2. The molecule has 0 radical (unpaired) electrons. The molecule has 0 atom stereocenters. The van der Waals surface area contributed by atoms with Gasteiger partial charge in [0.25, 0.3) is 0 Å². The zero-order chi connectivity index (χ0) is 14.9. The van der Waals surface area contributed by atoms with E-state index in [1.54, 1.807) is 18.2 Å². The average Bonchev–Trinajstić information content (AvgIpc) is 2.51. The Kier molecular flexibility index (Phi) is 6.25. The largest absolute Gasteiger partial charge is 0.493 e. The molecule has 2 rings (SSSR count). The summed E-state index contributed by atoms with van der Waals surface area (Å²) in [5.74, 6) is 0.604. The van der Waals surface area contributed by atoms with Gasteiger partial charge in [0.15, 0.2) is 0 Å². The Bertz CT molecular complexity index is 570. The second kappa shape index (κ2) is 8.45. The van der Waals surface area contributed by atoms with E-state index in [0.29, 0.717) is 36.2 Å². The maximum absolute atomic E-state index is 10.7. The first-order chi connectivity index (χ1) is 10.3. The third-order valence-electron chi connectivity index (χ3n) is 2.84. The van der Waals surface area contributed by atoms with Crippen LogP contribution < -0.4 is 4.74 Å². The van der Waals surface area contributed by atoms with Gasteiger partial charge in [-0.3, -0.25) is 4.79 Å². The average molecular weight is 305 g/mol. The van der Waals surface area contributed by atoms with Crippen molar-refractivity contribution in [1.82, 2.24) is 0 Å². The van der Waals surface area contributed by atoms with Crippen LogP contribution in [0.2, 0.25) is 5.02 Å². The number of aldehydes is 1. The smallest absolute Gasteiger partial charge is 0.150 e. The summed E-state index contributed by atoms with van der Waals surface area (Å²) < 4.78 is 11.1. The number of carbonyl (C=O) groups excluding carboxylic acids is 1. The SMILES string of the molecule is O=Cc1cc(Cl)cc(OCCCOCc2ccccc2)c1. The fourth-order valence-corrected chi connectivity index (χ4v) is 2.08. The summed E-state index contributed by atoms with van der Waals surface area (Å²) in [5.41, 5.74) is 1.67. The van der Waals surface area contributed by atoms with Crippen LogP contribution in [0.1, 0.15) is 22.3 Å². The lowest BCUT2D eigenvalue weighted by Gasteiger charge is -2.08. The lowest BCUT2D eigenvalue weighted by molar-refractivity contribution is 0.107. The molecule has 0 saturated heterocycles. The molecule has 0 N–H and O–H groups in total. The first kappa shape index (κ1) is 15.5. The van der Waals surface area contributed by atoms with Crippen LogP contribution in [-0.4, -0.2) is 19.5 Å². The van der Waals surface area contributed by atoms with Gasteiger partial charge in [-0.05, 0) is 23.8 Å². The van der Waals surface area contributed by atoms with Gasteiger partial charge in [-0.2, -0.15) is 0 Å². The summed E-state index contributed by atoms with van der Waals surface area (Å²) in [6.45, 7) is 1.75. The molecule has 4 heteroatoms. The van der Waals surface area contributed by atoms with E-state index >= 15 is 0 Å². The number of rotatable bonds is 8. The Labute approximate surface area is 129 Å².